The highest BCUT2D eigenvalue weighted by atomic mass is 79.9. The van der Waals surface area contributed by atoms with Crippen LogP contribution in [-0.4, -0.2) is 18.1 Å². The summed E-state index contributed by atoms with van der Waals surface area (Å²) in [5, 5.41) is 12.2. The summed E-state index contributed by atoms with van der Waals surface area (Å²) in [5.74, 6) is 0. The van der Waals surface area contributed by atoms with Crippen molar-refractivity contribution in [1.29, 1.82) is 5.41 Å². The van der Waals surface area contributed by atoms with Gasteiger partial charge in [-0.25, -0.2) is 4.98 Å². The zero-order valence-electron chi connectivity index (χ0n) is 15.7. The number of hydrogen-bond acceptors (Lipinski definition) is 5. The molecule has 6 heteroatoms. The predicted molar refractivity (Wildman–Crippen MR) is 120 cm³/mol. The van der Waals surface area contributed by atoms with E-state index in [2.05, 4.69) is 46.8 Å². The van der Waals surface area contributed by atoms with Crippen LogP contribution in [0, 0.1) is 5.41 Å². The summed E-state index contributed by atoms with van der Waals surface area (Å²) < 4.78 is 6.90. The van der Waals surface area contributed by atoms with Gasteiger partial charge in [0.1, 0.15) is 10.6 Å². The highest BCUT2D eigenvalue weighted by molar-refractivity contribution is 9.10. The van der Waals surface area contributed by atoms with Crippen molar-refractivity contribution in [3.63, 3.8) is 0 Å². The number of aromatic nitrogens is 1. The topological polar surface area (TPSA) is 53.1 Å². The van der Waals surface area contributed by atoms with E-state index in [1.54, 1.807) is 0 Å². The summed E-state index contributed by atoms with van der Waals surface area (Å²) >= 11 is 4.99. The molecule has 0 aliphatic rings. The van der Waals surface area contributed by atoms with Crippen LogP contribution in [0.15, 0.2) is 62.8 Å². The molecule has 2 aromatic carbocycles. The minimum atomic E-state index is 0.140. The van der Waals surface area contributed by atoms with Gasteiger partial charge in [-0.2, -0.15) is 0 Å². The van der Waals surface area contributed by atoms with Crippen molar-refractivity contribution in [1.82, 2.24) is 4.98 Å². The summed E-state index contributed by atoms with van der Waals surface area (Å²) in [6, 6.07) is 16.2. The Balaban J connectivity index is 1.73. The van der Waals surface area contributed by atoms with Crippen LogP contribution < -0.4 is 10.5 Å². The maximum absolute atomic E-state index is 8.38. The average molecular weight is 454 g/mol. The van der Waals surface area contributed by atoms with Gasteiger partial charge in [-0.05, 0) is 44.2 Å². The van der Waals surface area contributed by atoms with E-state index < -0.39 is 0 Å². The Morgan fingerprint density at radius 2 is 1.82 bits per heavy atom. The third-order valence-corrected chi connectivity index (χ3v) is 6.16. The summed E-state index contributed by atoms with van der Waals surface area (Å²) in [4.78, 5) is 7.00. The minimum Gasteiger partial charge on any atom is -0.438 e. The van der Waals surface area contributed by atoms with Crippen LogP contribution in [0.1, 0.15) is 13.8 Å². The zero-order valence-corrected chi connectivity index (χ0v) is 18.1. The maximum Gasteiger partial charge on any atom is 0.222 e. The molecule has 0 atom stereocenters. The molecule has 2 aromatic heterocycles. The molecule has 28 heavy (non-hydrogen) atoms. The molecule has 4 nitrogen and oxygen atoms in total. The monoisotopic (exact) mass is 453 g/mol. The van der Waals surface area contributed by atoms with Gasteiger partial charge in [-0.3, -0.25) is 5.41 Å². The minimum absolute atomic E-state index is 0.140. The van der Waals surface area contributed by atoms with Gasteiger partial charge in [0.2, 0.25) is 5.55 Å². The molecule has 1 N–H and O–H groups in total. The lowest BCUT2D eigenvalue weighted by molar-refractivity contribution is 0.536. The second-order valence-electron chi connectivity index (χ2n) is 6.43. The van der Waals surface area contributed by atoms with Gasteiger partial charge >= 0.3 is 0 Å². The van der Waals surface area contributed by atoms with E-state index in [1.807, 2.05) is 41.8 Å². The lowest BCUT2D eigenvalue weighted by Gasteiger charge is -2.21. The van der Waals surface area contributed by atoms with Crippen molar-refractivity contribution in [2.24, 2.45) is 0 Å². The van der Waals surface area contributed by atoms with Gasteiger partial charge in [0.25, 0.3) is 0 Å². The largest absolute Gasteiger partial charge is 0.438 e. The number of rotatable bonds is 5. The molecule has 0 amide bonds. The number of fused-ring (bicyclic) bond motifs is 1. The van der Waals surface area contributed by atoms with Crippen LogP contribution in [0.4, 0.5) is 5.69 Å². The number of halogens is 1. The van der Waals surface area contributed by atoms with Gasteiger partial charge < -0.3 is 9.32 Å². The highest BCUT2D eigenvalue weighted by Crippen LogP contribution is 2.30. The van der Waals surface area contributed by atoms with Crippen LogP contribution >= 0.6 is 27.3 Å². The first-order valence-corrected chi connectivity index (χ1v) is 10.9. The Labute approximate surface area is 176 Å². The number of thiazole rings is 1. The Hall–Kier alpha value is -2.44. The third-order valence-electron chi connectivity index (χ3n) is 4.76. The van der Waals surface area contributed by atoms with Crippen molar-refractivity contribution in [2.75, 3.05) is 18.0 Å². The molecule has 142 valence electrons. The maximum atomic E-state index is 8.38. The molecule has 4 aromatic rings. The van der Waals surface area contributed by atoms with Crippen LogP contribution in [0.3, 0.4) is 0 Å². The van der Waals surface area contributed by atoms with Crippen LogP contribution in [0.2, 0.25) is 0 Å². The molecule has 0 spiro atoms. The van der Waals surface area contributed by atoms with E-state index in [0.717, 1.165) is 56.0 Å². The molecule has 0 fully saturated rings. The second kappa shape index (κ2) is 7.89. The normalized spacial score (nSPS) is 11.1. The van der Waals surface area contributed by atoms with E-state index in [0.29, 0.717) is 0 Å². The molecule has 0 aliphatic carbocycles. The first-order valence-electron chi connectivity index (χ1n) is 9.18. The Morgan fingerprint density at radius 3 is 2.54 bits per heavy atom. The van der Waals surface area contributed by atoms with Crippen molar-refractivity contribution in [3.8, 4) is 21.8 Å². The van der Waals surface area contributed by atoms with Crippen LogP contribution in [0.25, 0.3) is 32.8 Å². The van der Waals surface area contributed by atoms with E-state index in [9.17, 15) is 0 Å². The summed E-state index contributed by atoms with van der Waals surface area (Å²) in [5.41, 5.74) is 4.66. The summed E-state index contributed by atoms with van der Waals surface area (Å²) in [6.07, 6.45) is 0. The molecule has 4 rings (SSSR count). The van der Waals surface area contributed by atoms with Gasteiger partial charge in [0, 0.05) is 45.6 Å². The standard InChI is InChI=1S/C22H20BrN3OS/c1-3-26(4-2)17-10-7-15-11-18(21(24)27-20(15)12-17)22-25-19(13-28-22)14-5-8-16(23)9-6-14/h5-13,24H,3-4H2,1-2H3. The van der Waals surface area contributed by atoms with E-state index >= 15 is 0 Å². The van der Waals surface area contributed by atoms with Gasteiger partial charge in [0.15, 0.2) is 0 Å². The number of nitrogens with zero attached hydrogens (tertiary/aromatic N) is 2. The van der Waals surface area contributed by atoms with E-state index in [4.69, 9.17) is 14.8 Å². The lowest BCUT2D eigenvalue weighted by atomic mass is 10.1. The second-order valence-corrected chi connectivity index (χ2v) is 8.20. The average Bonchev–Trinajstić information content (AvgIpc) is 3.19. The molecule has 0 saturated heterocycles. The van der Waals surface area contributed by atoms with Gasteiger partial charge in [-0.1, -0.05) is 28.1 Å². The van der Waals surface area contributed by atoms with Gasteiger partial charge in [0.05, 0.1) is 11.3 Å². The third kappa shape index (κ3) is 3.62. The number of nitrogens with one attached hydrogen (secondary N) is 1. The Kier molecular flexibility index (Phi) is 5.33. The highest BCUT2D eigenvalue weighted by Gasteiger charge is 2.12. The van der Waals surface area contributed by atoms with Crippen LogP contribution in [-0.2, 0) is 0 Å². The van der Waals surface area contributed by atoms with E-state index in [-0.39, 0.29) is 5.55 Å². The molecule has 0 saturated carbocycles. The van der Waals surface area contributed by atoms with Gasteiger partial charge in [-0.15, -0.1) is 11.3 Å². The quantitative estimate of drug-likeness (QED) is 0.384. The summed E-state index contributed by atoms with van der Waals surface area (Å²) in [7, 11) is 0. The first kappa shape index (κ1) is 18.9. The number of hydrogen-bond donors (Lipinski definition) is 1. The summed E-state index contributed by atoms with van der Waals surface area (Å²) in [6.45, 7) is 6.14. The fourth-order valence-corrected chi connectivity index (χ4v) is 4.32. The fourth-order valence-electron chi connectivity index (χ4n) is 3.21. The zero-order chi connectivity index (χ0) is 19.7. The molecule has 0 aliphatic heterocycles. The molecular weight excluding hydrogens is 434 g/mol. The van der Waals surface area contributed by atoms with E-state index in [1.165, 1.54) is 11.3 Å². The SMILES string of the molecule is CCN(CC)c1ccc2cc(-c3nc(-c4ccc(Br)cc4)cs3)c(=N)oc2c1. The van der Waals surface area contributed by atoms with Crippen LogP contribution in [0.5, 0.6) is 0 Å². The Morgan fingerprint density at radius 1 is 1.07 bits per heavy atom. The molecule has 0 radical (unpaired) electrons. The van der Waals surface area contributed by atoms with Crippen molar-refractivity contribution in [2.45, 2.75) is 13.8 Å². The number of anilines is 1. The lowest BCUT2D eigenvalue weighted by Crippen LogP contribution is -2.21. The molecule has 2 heterocycles. The number of benzene rings is 2. The molecular formula is C22H20BrN3OS. The van der Waals surface area contributed by atoms with Crippen molar-refractivity contribution < 1.29 is 4.42 Å². The predicted octanol–water partition coefficient (Wildman–Crippen LogP) is 6.31. The van der Waals surface area contributed by atoms with Crippen molar-refractivity contribution in [3.05, 3.63) is 63.9 Å². The van der Waals surface area contributed by atoms with Crippen molar-refractivity contribution >= 4 is 43.9 Å². The molecule has 0 bridgehead atoms. The smallest absolute Gasteiger partial charge is 0.222 e. The first-order chi connectivity index (χ1) is 13.6. The Bertz CT molecular complexity index is 1180. The molecule has 0 unspecified atom stereocenters. The fraction of sp³-hybridized carbons (Fsp3) is 0.182.